The van der Waals surface area contributed by atoms with Crippen molar-refractivity contribution in [1.29, 1.82) is 0 Å². The Kier molecular flexibility index (Phi) is 3.80. The molecule has 1 aliphatic rings. The van der Waals surface area contributed by atoms with Crippen LogP contribution in [-0.4, -0.2) is 21.5 Å². The zero-order chi connectivity index (χ0) is 17.5. The summed E-state index contributed by atoms with van der Waals surface area (Å²) in [5.74, 6) is 1.75. The van der Waals surface area contributed by atoms with Crippen LogP contribution in [0.4, 0.5) is 0 Å². The minimum atomic E-state index is 0.0337. The first kappa shape index (κ1) is 15.7. The highest BCUT2D eigenvalue weighted by molar-refractivity contribution is 7.18. The van der Waals surface area contributed by atoms with Gasteiger partial charge in [-0.3, -0.25) is 0 Å². The summed E-state index contributed by atoms with van der Waals surface area (Å²) in [5, 5.41) is 18.2. The van der Waals surface area contributed by atoms with Gasteiger partial charge in [0.2, 0.25) is 0 Å². The van der Waals surface area contributed by atoms with Crippen molar-refractivity contribution in [2.75, 3.05) is 6.61 Å². The van der Waals surface area contributed by atoms with E-state index in [0.717, 1.165) is 41.5 Å². The van der Waals surface area contributed by atoms with Crippen molar-refractivity contribution >= 4 is 32.3 Å². The second-order valence-electron chi connectivity index (χ2n) is 6.48. The number of phenolic OH excluding ortho intramolecular Hbond substituents is 1. The molecule has 1 unspecified atom stereocenters. The summed E-state index contributed by atoms with van der Waals surface area (Å²) in [6.45, 7) is 0.803. The number of nitrogens with zero attached hydrogens (tertiary/aromatic N) is 2. The van der Waals surface area contributed by atoms with Gasteiger partial charge in [0.05, 0.1) is 11.7 Å². The van der Waals surface area contributed by atoms with Gasteiger partial charge >= 0.3 is 0 Å². The third-order valence-corrected chi connectivity index (χ3v) is 5.78. The lowest BCUT2D eigenvalue weighted by atomic mass is 10.1. The van der Waals surface area contributed by atoms with Crippen molar-refractivity contribution in [2.45, 2.75) is 25.5 Å². The molecular weight excluding hydrogens is 348 g/mol. The topological polar surface area (TPSA) is 56.5 Å². The van der Waals surface area contributed by atoms with E-state index >= 15 is 0 Å². The standard InChI is InChI=1S/C20H18N2O3S/c23-13-4-6-14(7-5-13)25-18-12-26-20-15(18)8-9-17-16(20)11-21-22(17)19-3-1-2-10-24-19/h4-9,11-12,19,23H,1-3,10H2. The van der Waals surface area contributed by atoms with E-state index in [9.17, 15) is 5.11 Å². The van der Waals surface area contributed by atoms with Crippen LogP contribution in [0.3, 0.4) is 0 Å². The SMILES string of the molecule is Oc1ccc(Oc2csc3c2ccc2c3cnn2C2CCCCO2)cc1. The molecule has 2 aromatic carbocycles. The number of benzene rings is 2. The van der Waals surface area contributed by atoms with Gasteiger partial charge in [0, 0.05) is 27.5 Å². The minimum Gasteiger partial charge on any atom is -0.508 e. The molecule has 6 heteroatoms. The lowest BCUT2D eigenvalue weighted by Gasteiger charge is -2.23. The van der Waals surface area contributed by atoms with E-state index in [1.807, 2.05) is 16.3 Å². The van der Waals surface area contributed by atoms with Crippen LogP contribution in [0.25, 0.3) is 21.0 Å². The normalized spacial score (nSPS) is 17.8. The first-order valence-electron chi connectivity index (χ1n) is 8.75. The molecule has 0 bridgehead atoms. The monoisotopic (exact) mass is 366 g/mol. The predicted octanol–water partition coefficient (Wildman–Crippen LogP) is 5.45. The van der Waals surface area contributed by atoms with Crippen LogP contribution in [-0.2, 0) is 4.74 Å². The average molecular weight is 366 g/mol. The maximum atomic E-state index is 9.41. The number of thiophene rings is 1. The summed E-state index contributed by atoms with van der Waals surface area (Å²) in [4.78, 5) is 0. The lowest BCUT2D eigenvalue weighted by Crippen LogP contribution is -2.18. The van der Waals surface area contributed by atoms with E-state index in [2.05, 4.69) is 17.2 Å². The van der Waals surface area contributed by atoms with Gasteiger partial charge in [-0.15, -0.1) is 11.3 Å². The summed E-state index contributed by atoms with van der Waals surface area (Å²) < 4.78 is 15.1. The van der Waals surface area contributed by atoms with Gasteiger partial charge in [-0.1, -0.05) is 0 Å². The van der Waals surface area contributed by atoms with Crippen LogP contribution in [0, 0.1) is 0 Å². The first-order valence-corrected chi connectivity index (χ1v) is 9.63. The number of fused-ring (bicyclic) bond motifs is 3. The molecule has 4 aromatic rings. The Morgan fingerprint density at radius 2 is 2.00 bits per heavy atom. The quantitative estimate of drug-likeness (QED) is 0.524. The molecule has 0 radical (unpaired) electrons. The van der Waals surface area contributed by atoms with Crippen LogP contribution in [0.5, 0.6) is 17.2 Å². The largest absolute Gasteiger partial charge is 0.508 e. The molecule has 5 nitrogen and oxygen atoms in total. The Morgan fingerprint density at radius 3 is 2.81 bits per heavy atom. The maximum Gasteiger partial charge on any atom is 0.150 e. The van der Waals surface area contributed by atoms with Gasteiger partial charge in [0.1, 0.15) is 17.2 Å². The zero-order valence-corrected chi connectivity index (χ0v) is 14.9. The van der Waals surface area contributed by atoms with E-state index in [1.165, 1.54) is 11.1 Å². The van der Waals surface area contributed by atoms with Gasteiger partial charge in [-0.05, 0) is 55.7 Å². The fourth-order valence-corrected chi connectivity index (χ4v) is 4.44. The number of hydrogen-bond acceptors (Lipinski definition) is 5. The molecular formula is C20H18N2O3S. The van der Waals surface area contributed by atoms with Crippen LogP contribution < -0.4 is 4.74 Å². The van der Waals surface area contributed by atoms with Crippen molar-refractivity contribution in [3.05, 3.63) is 48.0 Å². The number of aromatic nitrogens is 2. The van der Waals surface area contributed by atoms with E-state index in [0.29, 0.717) is 5.75 Å². The van der Waals surface area contributed by atoms with Crippen molar-refractivity contribution in [1.82, 2.24) is 9.78 Å². The highest BCUT2D eigenvalue weighted by Gasteiger charge is 2.20. The molecule has 1 saturated heterocycles. The highest BCUT2D eigenvalue weighted by atomic mass is 32.1. The third-order valence-electron chi connectivity index (χ3n) is 4.77. The molecule has 3 heterocycles. The number of ether oxygens (including phenoxy) is 2. The van der Waals surface area contributed by atoms with Gasteiger partial charge in [-0.25, -0.2) is 4.68 Å². The summed E-state index contributed by atoms with van der Waals surface area (Å²) >= 11 is 1.66. The minimum absolute atomic E-state index is 0.0337. The Hall–Kier alpha value is -2.57. The number of aromatic hydroxyl groups is 1. The lowest BCUT2D eigenvalue weighted by molar-refractivity contribution is -0.0366. The Bertz CT molecular complexity index is 1060. The molecule has 26 heavy (non-hydrogen) atoms. The second-order valence-corrected chi connectivity index (χ2v) is 7.36. The van der Waals surface area contributed by atoms with Crippen molar-refractivity contribution in [3.8, 4) is 17.2 Å². The number of phenols is 1. The second kappa shape index (κ2) is 6.30. The third kappa shape index (κ3) is 2.62. The Balaban J connectivity index is 1.54. The van der Waals surface area contributed by atoms with Crippen molar-refractivity contribution < 1.29 is 14.6 Å². The van der Waals surface area contributed by atoms with Crippen LogP contribution in [0.15, 0.2) is 48.0 Å². The molecule has 1 aliphatic heterocycles. The Morgan fingerprint density at radius 1 is 1.12 bits per heavy atom. The summed E-state index contributed by atoms with van der Waals surface area (Å²) in [7, 11) is 0. The average Bonchev–Trinajstić information content (AvgIpc) is 3.28. The molecule has 0 amide bonds. The molecule has 2 aromatic heterocycles. The van der Waals surface area contributed by atoms with E-state index in [1.54, 1.807) is 35.6 Å². The van der Waals surface area contributed by atoms with Crippen LogP contribution >= 0.6 is 11.3 Å². The maximum absolute atomic E-state index is 9.41. The van der Waals surface area contributed by atoms with E-state index in [-0.39, 0.29) is 12.0 Å². The van der Waals surface area contributed by atoms with Gasteiger partial charge < -0.3 is 14.6 Å². The molecule has 1 fully saturated rings. The molecule has 132 valence electrons. The smallest absolute Gasteiger partial charge is 0.150 e. The van der Waals surface area contributed by atoms with E-state index < -0.39 is 0 Å². The molecule has 1 N–H and O–H groups in total. The molecule has 0 aliphatic carbocycles. The summed E-state index contributed by atoms with van der Waals surface area (Å²) in [5.41, 5.74) is 1.10. The number of rotatable bonds is 3. The van der Waals surface area contributed by atoms with Crippen LogP contribution in [0.1, 0.15) is 25.5 Å². The molecule has 5 rings (SSSR count). The fourth-order valence-electron chi connectivity index (χ4n) is 3.46. The number of hydrogen-bond donors (Lipinski definition) is 1. The molecule has 0 saturated carbocycles. The van der Waals surface area contributed by atoms with Gasteiger partial charge in [-0.2, -0.15) is 5.10 Å². The van der Waals surface area contributed by atoms with Gasteiger partial charge in [0.25, 0.3) is 0 Å². The Labute approximate surface area is 154 Å². The predicted molar refractivity (Wildman–Crippen MR) is 102 cm³/mol. The molecule has 0 spiro atoms. The fraction of sp³-hybridized carbons (Fsp3) is 0.250. The molecule has 1 atom stereocenters. The first-order chi connectivity index (χ1) is 12.8. The van der Waals surface area contributed by atoms with Crippen LogP contribution in [0.2, 0.25) is 0 Å². The zero-order valence-electron chi connectivity index (χ0n) is 14.1. The highest BCUT2D eigenvalue weighted by Crippen LogP contribution is 2.40. The van der Waals surface area contributed by atoms with Crippen molar-refractivity contribution in [2.24, 2.45) is 0 Å². The van der Waals surface area contributed by atoms with Crippen molar-refractivity contribution in [3.63, 3.8) is 0 Å². The van der Waals surface area contributed by atoms with E-state index in [4.69, 9.17) is 9.47 Å². The summed E-state index contributed by atoms with van der Waals surface area (Å²) in [6, 6.07) is 10.9. The van der Waals surface area contributed by atoms with Gasteiger partial charge in [0.15, 0.2) is 6.23 Å². The summed E-state index contributed by atoms with van der Waals surface area (Å²) in [6.07, 6.45) is 5.28.